The monoisotopic (exact) mass is 597 g/mol. The standard InChI is InChI=1S/C30H32ClN5O4.ClH/c1-30(2,3)29(38)33-16-17-7-11-22(31)21(13-17)28(37)34-19-9-10-20-23(15-19)35-26(36-27(20)32-4)18-8-12-24(39-5)25(14-18)40-6;/h7-15H,16H2,1-6H3,(H,33,38)(H,34,37)(H,32,35,36);1H. The van der Waals surface area contributed by atoms with Gasteiger partial charge in [-0.25, -0.2) is 9.97 Å². The van der Waals surface area contributed by atoms with E-state index in [2.05, 4.69) is 20.9 Å². The Morgan fingerprint density at radius 2 is 1.66 bits per heavy atom. The van der Waals surface area contributed by atoms with Gasteiger partial charge in [0.25, 0.3) is 5.91 Å². The van der Waals surface area contributed by atoms with Gasteiger partial charge in [0, 0.05) is 35.6 Å². The number of nitrogens with zero attached hydrogens (tertiary/aromatic N) is 2. The number of benzene rings is 3. The molecule has 41 heavy (non-hydrogen) atoms. The molecule has 11 heteroatoms. The highest BCUT2D eigenvalue weighted by atomic mass is 35.5. The van der Waals surface area contributed by atoms with Crippen LogP contribution in [0.3, 0.4) is 0 Å². The van der Waals surface area contributed by atoms with Crippen molar-refractivity contribution in [3.05, 3.63) is 70.7 Å². The average molecular weight is 599 g/mol. The van der Waals surface area contributed by atoms with Crippen molar-refractivity contribution in [3.63, 3.8) is 0 Å². The highest BCUT2D eigenvalue weighted by Crippen LogP contribution is 2.33. The second kappa shape index (κ2) is 13.1. The Labute approximate surface area is 250 Å². The van der Waals surface area contributed by atoms with Crippen molar-refractivity contribution in [2.45, 2.75) is 27.3 Å². The molecule has 4 rings (SSSR count). The summed E-state index contributed by atoms with van der Waals surface area (Å²) < 4.78 is 10.8. The smallest absolute Gasteiger partial charge is 0.257 e. The predicted octanol–water partition coefficient (Wildman–Crippen LogP) is 6.35. The number of amides is 2. The number of carbonyl (C=O) groups is 2. The molecular weight excluding hydrogens is 565 g/mol. The summed E-state index contributed by atoms with van der Waals surface area (Å²) in [6.07, 6.45) is 0. The van der Waals surface area contributed by atoms with Gasteiger partial charge >= 0.3 is 0 Å². The average Bonchev–Trinajstić information content (AvgIpc) is 2.94. The minimum atomic E-state index is -0.515. The third-order valence-electron chi connectivity index (χ3n) is 6.24. The number of hydrogen-bond acceptors (Lipinski definition) is 7. The lowest BCUT2D eigenvalue weighted by Crippen LogP contribution is -2.34. The fourth-order valence-electron chi connectivity index (χ4n) is 4.00. The van der Waals surface area contributed by atoms with Crippen LogP contribution in [0.25, 0.3) is 22.3 Å². The number of hydrogen-bond donors (Lipinski definition) is 3. The quantitative estimate of drug-likeness (QED) is 0.217. The van der Waals surface area contributed by atoms with E-state index in [1.54, 1.807) is 57.7 Å². The molecule has 0 aliphatic heterocycles. The largest absolute Gasteiger partial charge is 0.493 e. The van der Waals surface area contributed by atoms with Crippen LogP contribution in [0.15, 0.2) is 54.6 Å². The molecule has 0 saturated heterocycles. The van der Waals surface area contributed by atoms with Crippen molar-refractivity contribution in [2.75, 3.05) is 31.9 Å². The van der Waals surface area contributed by atoms with Crippen LogP contribution in [0.1, 0.15) is 36.7 Å². The maximum Gasteiger partial charge on any atom is 0.257 e. The van der Waals surface area contributed by atoms with E-state index in [1.807, 2.05) is 39.0 Å². The molecule has 0 bridgehead atoms. The normalized spacial score (nSPS) is 10.9. The Morgan fingerprint density at radius 1 is 0.927 bits per heavy atom. The first-order chi connectivity index (χ1) is 19.0. The summed E-state index contributed by atoms with van der Waals surface area (Å²) in [5.74, 6) is 1.82. The molecule has 0 atom stereocenters. The van der Waals surface area contributed by atoms with Crippen molar-refractivity contribution in [2.24, 2.45) is 5.41 Å². The van der Waals surface area contributed by atoms with Gasteiger partial charge in [-0.05, 0) is 54.1 Å². The fourth-order valence-corrected chi connectivity index (χ4v) is 4.21. The lowest BCUT2D eigenvalue weighted by Gasteiger charge is -2.18. The molecular formula is C30H33Cl2N5O4. The van der Waals surface area contributed by atoms with E-state index in [4.69, 9.17) is 26.1 Å². The van der Waals surface area contributed by atoms with Gasteiger partial charge in [-0.1, -0.05) is 38.4 Å². The van der Waals surface area contributed by atoms with Gasteiger partial charge < -0.3 is 25.4 Å². The number of carbonyl (C=O) groups excluding carboxylic acids is 2. The fraction of sp³-hybridized carbons (Fsp3) is 0.267. The van der Waals surface area contributed by atoms with Crippen LogP contribution < -0.4 is 25.4 Å². The van der Waals surface area contributed by atoms with Crippen LogP contribution in [-0.2, 0) is 11.3 Å². The molecule has 2 amide bonds. The number of ether oxygens (including phenoxy) is 2. The summed E-state index contributed by atoms with van der Waals surface area (Å²) in [4.78, 5) is 34.9. The molecule has 4 aromatic rings. The van der Waals surface area contributed by atoms with E-state index in [1.165, 1.54) is 0 Å². The number of nitrogens with one attached hydrogen (secondary N) is 3. The Kier molecular flexibility index (Phi) is 10.0. The summed E-state index contributed by atoms with van der Waals surface area (Å²) in [5.41, 5.74) is 2.46. The molecule has 0 aliphatic carbocycles. The molecule has 0 unspecified atom stereocenters. The Bertz CT molecular complexity index is 1590. The van der Waals surface area contributed by atoms with Crippen LogP contribution in [0.5, 0.6) is 11.5 Å². The van der Waals surface area contributed by atoms with Crippen LogP contribution in [0, 0.1) is 5.41 Å². The highest BCUT2D eigenvalue weighted by Gasteiger charge is 2.21. The number of rotatable bonds is 8. The first kappa shape index (κ1) is 31.4. The lowest BCUT2D eigenvalue weighted by molar-refractivity contribution is -0.128. The van der Waals surface area contributed by atoms with Gasteiger partial charge in [-0.2, -0.15) is 0 Å². The SMILES string of the molecule is CNc1nc(-c2ccc(OC)c(OC)c2)nc2cc(NC(=O)c3cc(CNC(=O)C(C)(C)C)ccc3Cl)ccc12.Cl. The minimum Gasteiger partial charge on any atom is -0.493 e. The van der Waals surface area contributed by atoms with E-state index in [0.29, 0.717) is 44.9 Å². The van der Waals surface area contributed by atoms with Crippen LogP contribution in [-0.4, -0.2) is 43.0 Å². The Hall–Kier alpha value is -4.08. The van der Waals surface area contributed by atoms with Gasteiger partial charge in [0.1, 0.15) is 5.82 Å². The van der Waals surface area contributed by atoms with Crippen LogP contribution in [0.2, 0.25) is 5.02 Å². The van der Waals surface area contributed by atoms with Crippen molar-refractivity contribution < 1.29 is 19.1 Å². The van der Waals surface area contributed by atoms with Crippen molar-refractivity contribution in [1.82, 2.24) is 15.3 Å². The van der Waals surface area contributed by atoms with Crippen LogP contribution >= 0.6 is 24.0 Å². The molecule has 0 fully saturated rings. The summed E-state index contributed by atoms with van der Waals surface area (Å²) in [7, 11) is 4.93. The van der Waals surface area contributed by atoms with E-state index in [9.17, 15) is 9.59 Å². The molecule has 9 nitrogen and oxygen atoms in total. The zero-order chi connectivity index (χ0) is 29.0. The zero-order valence-electron chi connectivity index (χ0n) is 23.7. The van der Waals surface area contributed by atoms with Gasteiger partial charge in [-0.15, -0.1) is 12.4 Å². The number of methoxy groups -OCH3 is 2. The topological polar surface area (TPSA) is 114 Å². The van der Waals surface area contributed by atoms with Crippen molar-refractivity contribution >= 4 is 58.2 Å². The highest BCUT2D eigenvalue weighted by molar-refractivity contribution is 6.34. The molecule has 1 heterocycles. The lowest BCUT2D eigenvalue weighted by atomic mass is 9.95. The van der Waals surface area contributed by atoms with E-state index >= 15 is 0 Å². The second-order valence-corrected chi connectivity index (χ2v) is 10.6. The second-order valence-electron chi connectivity index (χ2n) is 10.1. The molecule has 1 aromatic heterocycles. The molecule has 3 aromatic carbocycles. The predicted molar refractivity (Wildman–Crippen MR) is 166 cm³/mol. The maximum atomic E-state index is 13.2. The van der Waals surface area contributed by atoms with Gasteiger partial charge in [0.05, 0.1) is 30.3 Å². The molecule has 3 N–H and O–H groups in total. The third kappa shape index (κ3) is 7.17. The van der Waals surface area contributed by atoms with E-state index in [-0.39, 0.29) is 30.8 Å². The van der Waals surface area contributed by atoms with Gasteiger partial charge in [-0.3, -0.25) is 9.59 Å². The van der Waals surface area contributed by atoms with Gasteiger partial charge in [0.15, 0.2) is 17.3 Å². The van der Waals surface area contributed by atoms with Crippen molar-refractivity contribution in [3.8, 4) is 22.9 Å². The minimum absolute atomic E-state index is 0. The van der Waals surface area contributed by atoms with Crippen LogP contribution in [0.4, 0.5) is 11.5 Å². The molecule has 0 spiro atoms. The zero-order valence-corrected chi connectivity index (χ0v) is 25.3. The summed E-state index contributed by atoms with van der Waals surface area (Å²) >= 11 is 6.37. The molecule has 0 saturated carbocycles. The molecule has 0 radical (unpaired) electrons. The Balaban J connectivity index is 0.00000462. The first-order valence-electron chi connectivity index (χ1n) is 12.6. The summed E-state index contributed by atoms with van der Waals surface area (Å²) in [5, 5.41) is 10.0. The first-order valence-corrected chi connectivity index (χ1v) is 13.0. The summed E-state index contributed by atoms with van der Waals surface area (Å²) in [6.45, 7) is 5.81. The maximum absolute atomic E-state index is 13.2. The Morgan fingerprint density at radius 3 is 2.32 bits per heavy atom. The third-order valence-corrected chi connectivity index (χ3v) is 6.57. The number of anilines is 2. The van der Waals surface area contributed by atoms with E-state index in [0.717, 1.165) is 16.5 Å². The number of halogens is 2. The molecule has 216 valence electrons. The van der Waals surface area contributed by atoms with E-state index < -0.39 is 5.41 Å². The van der Waals surface area contributed by atoms with Gasteiger partial charge in [0.2, 0.25) is 5.91 Å². The number of fused-ring (bicyclic) bond motifs is 1. The number of aromatic nitrogens is 2. The van der Waals surface area contributed by atoms with Crippen molar-refractivity contribution in [1.29, 1.82) is 0 Å². The molecule has 0 aliphatic rings. The summed E-state index contributed by atoms with van der Waals surface area (Å²) in [6, 6.07) is 16.0.